The van der Waals surface area contributed by atoms with Gasteiger partial charge in [0.1, 0.15) is 11.6 Å². The van der Waals surface area contributed by atoms with Crippen LogP contribution in [-0.4, -0.2) is 29.5 Å². The second kappa shape index (κ2) is 6.28. The quantitative estimate of drug-likeness (QED) is 0.665. The second-order valence-corrected chi connectivity index (χ2v) is 6.44. The zero-order valence-corrected chi connectivity index (χ0v) is 13.1. The summed E-state index contributed by atoms with van der Waals surface area (Å²) >= 11 is 0. The highest BCUT2D eigenvalue weighted by atomic mass is 16.6. The molecule has 0 aromatic carbocycles. The minimum Gasteiger partial charge on any atom is -0.370 e. The maximum atomic E-state index is 11.1. The molecular weight excluding hydrogens is 268 g/mol. The maximum Gasteiger partial charge on any atom is 0.276 e. The Morgan fingerprint density at radius 2 is 2.24 bits per heavy atom. The van der Waals surface area contributed by atoms with Crippen molar-refractivity contribution < 1.29 is 4.92 Å². The summed E-state index contributed by atoms with van der Waals surface area (Å²) in [6.07, 6.45) is 3.23. The predicted molar refractivity (Wildman–Crippen MR) is 84.9 cm³/mol. The van der Waals surface area contributed by atoms with E-state index in [1.165, 1.54) is 12.5 Å². The highest BCUT2D eigenvalue weighted by Crippen LogP contribution is 2.32. The second-order valence-electron chi connectivity index (χ2n) is 6.44. The minimum absolute atomic E-state index is 0.0991. The Bertz CT molecular complexity index is 516. The molecule has 2 rings (SSSR count). The van der Waals surface area contributed by atoms with Gasteiger partial charge in [-0.25, -0.2) is 4.98 Å². The van der Waals surface area contributed by atoms with Gasteiger partial charge in [0.15, 0.2) is 0 Å². The Labute approximate surface area is 125 Å². The van der Waals surface area contributed by atoms with E-state index in [1.807, 2.05) is 0 Å². The van der Waals surface area contributed by atoms with Crippen molar-refractivity contribution in [3.63, 3.8) is 0 Å². The summed E-state index contributed by atoms with van der Waals surface area (Å²) in [5, 5.41) is 14.3. The SMILES string of the molecule is CCCNc1cc([N+](=O)[O-])cc(N2CCCC(C)(C)C2)n1. The van der Waals surface area contributed by atoms with Crippen LogP contribution < -0.4 is 10.2 Å². The number of pyridine rings is 1. The highest BCUT2D eigenvalue weighted by Gasteiger charge is 2.28. The van der Waals surface area contributed by atoms with Gasteiger partial charge in [-0.15, -0.1) is 0 Å². The third-order valence-electron chi connectivity index (χ3n) is 3.79. The van der Waals surface area contributed by atoms with Crippen LogP contribution in [0, 0.1) is 15.5 Å². The molecule has 1 saturated heterocycles. The monoisotopic (exact) mass is 292 g/mol. The summed E-state index contributed by atoms with van der Waals surface area (Å²) in [6.45, 7) is 9.07. The number of hydrogen-bond donors (Lipinski definition) is 1. The first-order valence-electron chi connectivity index (χ1n) is 7.56. The van der Waals surface area contributed by atoms with Gasteiger partial charge in [-0.1, -0.05) is 20.8 Å². The molecule has 0 spiro atoms. The van der Waals surface area contributed by atoms with Gasteiger partial charge in [-0.05, 0) is 24.7 Å². The maximum absolute atomic E-state index is 11.1. The van der Waals surface area contributed by atoms with Gasteiger partial charge in [0.2, 0.25) is 0 Å². The van der Waals surface area contributed by atoms with Crippen LogP contribution in [0.4, 0.5) is 17.3 Å². The standard InChI is InChI=1S/C15H24N4O2/c1-4-7-16-13-9-12(19(20)21)10-14(17-13)18-8-5-6-15(2,3)11-18/h9-10H,4-8,11H2,1-3H3,(H,16,17). The molecule has 1 aromatic heterocycles. The molecule has 0 unspecified atom stereocenters. The number of nitro groups is 1. The average Bonchev–Trinajstić information content (AvgIpc) is 2.43. The zero-order valence-electron chi connectivity index (χ0n) is 13.1. The topological polar surface area (TPSA) is 71.3 Å². The summed E-state index contributed by atoms with van der Waals surface area (Å²) in [7, 11) is 0. The van der Waals surface area contributed by atoms with Crippen LogP contribution in [0.5, 0.6) is 0 Å². The molecule has 6 nitrogen and oxygen atoms in total. The van der Waals surface area contributed by atoms with Gasteiger partial charge in [0.05, 0.1) is 17.1 Å². The first-order valence-corrected chi connectivity index (χ1v) is 7.56. The Balaban J connectivity index is 2.28. The molecule has 1 aromatic rings. The van der Waals surface area contributed by atoms with E-state index in [-0.39, 0.29) is 16.0 Å². The molecule has 1 aliphatic heterocycles. The third-order valence-corrected chi connectivity index (χ3v) is 3.79. The zero-order chi connectivity index (χ0) is 15.5. The molecule has 1 aliphatic rings. The number of nitrogens with one attached hydrogen (secondary N) is 1. The van der Waals surface area contributed by atoms with Crippen LogP contribution in [0.3, 0.4) is 0 Å². The largest absolute Gasteiger partial charge is 0.370 e. The van der Waals surface area contributed by atoms with E-state index in [4.69, 9.17) is 0 Å². The van der Waals surface area contributed by atoms with E-state index in [9.17, 15) is 10.1 Å². The van der Waals surface area contributed by atoms with E-state index in [0.717, 1.165) is 32.5 Å². The lowest BCUT2D eigenvalue weighted by molar-refractivity contribution is -0.384. The van der Waals surface area contributed by atoms with Crippen LogP contribution in [0.2, 0.25) is 0 Å². The Kier molecular flexibility index (Phi) is 4.65. The molecule has 0 radical (unpaired) electrons. The number of nitrogens with zero attached hydrogens (tertiary/aromatic N) is 3. The first-order chi connectivity index (χ1) is 9.91. The van der Waals surface area contributed by atoms with Crippen molar-refractivity contribution in [1.29, 1.82) is 0 Å². The number of rotatable bonds is 5. The van der Waals surface area contributed by atoms with Gasteiger partial charge in [-0.2, -0.15) is 0 Å². The lowest BCUT2D eigenvalue weighted by Gasteiger charge is -2.38. The van der Waals surface area contributed by atoms with Crippen molar-refractivity contribution in [2.75, 3.05) is 29.9 Å². The van der Waals surface area contributed by atoms with Crippen LogP contribution in [0.15, 0.2) is 12.1 Å². The van der Waals surface area contributed by atoms with Crippen molar-refractivity contribution in [3.8, 4) is 0 Å². The number of aromatic nitrogens is 1. The molecular formula is C15H24N4O2. The van der Waals surface area contributed by atoms with Gasteiger partial charge < -0.3 is 10.2 Å². The third kappa shape index (κ3) is 4.06. The molecule has 6 heteroatoms. The van der Waals surface area contributed by atoms with E-state index in [0.29, 0.717) is 11.6 Å². The molecule has 1 N–H and O–H groups in total. The Morgan fingerprint density at radius 1 is 1.48 bits per heavy atom. The number of anilines is 2. The first kappa shape index (κ1) is 15.5. The van der Waals surface area contributed by atoms with E-state index in [1.54, 1.807) is 6.07 Å². The Hall–Kier alpha value is -1.85. The van der Waals surface area contributed by atoms with Crippen LogP contribution in [-0.2, 0) is 0 Å². The summed E-state index contributed by atoms with van der Waals surface area (Å²) in [6, 6.07) is 3.09. The molecule has 0 bridgehead atoms. The normalized spacial score (nSPS) is 17.6. The van der Waals surface area contributed by atoms with Crippen molar-refractivity contribution in [2.24, 2.45) is 5.41 Å². The molecule has 0 aliphatic carbocycles. The number of hydrogen-bond acceptors (Lipinski definition) is 5. The van der Waals surface area contributed by atoms with Crippen molar-refractivity contribution >= 4 is 17.3 Å². The van der Waals surface area contributed by atoms with Gasteiger partial charge >= 0.3 is 0 Å². The Morgan fingerprint density at radius 3 is 2.86 bits per heavy atom. The van der Waals surface area contributed by atoms with Crippen molar-refractivity contribution in [3.05, 3.63) is 22.2 Å². The van der Waals surface area contributed by atoms with Crippen LogP contribution >= 0.6 is 0 Å². The van der Waals surface area contributed by atoms with E-state index >= 15 is 0 Å². The molecule has 2 heterocycles. The molecule has 1 fully saturated rings. The minimum atomic E-state index is -0.350. The molecule has 0 amide bonds. The van der Waals surface area contributed by atoms with Gasteiger partial charge in [-0.3, -0.25) is 10.1 Å². The summed E-state index contributed by atoms with van der Waals surface area (Å²) in [4.78, 5) is 17.5. The van der Waals surface area contributed by atoms with Crippen molar-refractivity contribution in [1.82, 2.24) is 4.98 Å². The summed E-state index contributed by atoms with van der Waals surface area (Å²) in [5.74, 6) is 1.29. The summed E-state index contributed by atoms with van der Waals surface area (Å²) < 4.78 is 0. The lowest BCUT2D eigenvalue weighted by atomic mass is 9.84. The summed E-state index contributed by atoms with van der Waals surface area (Å²) in [5.41, 5.74) is 0.323. The van der Waals surface area contributed by atoms with Crippen molar-refractivity contribution in [2.45, 2.75) is 40.0 Å². The van der Waals surface area contributed by atoms with E-state index in [2.05, 4.69) is 36.0 Å². The number of piperidine rings is 1. The fourth-order valence-electron chi connectivity index (χ4n) is 2.73. The average molecular weight is 292 g/mol. The van der Waals surface area contributed by atoms with Gasteiger partial charge in [0, 0.05) is 19.6 Å². The molecule has 0 atom stereocenters. The predicted octanol–water partition coefficient (Wildman–Crippen LogP) is 3.44. The smallest absolute Gasteiger partial charge is 0.276 e. The van der Waals surface area contributed by atoms with Gasteiger partial charge in [0.25, 0.3) is 5.69 Å². The molecule has 116 valence electrons. The van der Waals surface area contributed by atoms with Crippen LogP contribution in [0.25, 0.3) is 0 Å². The highest BCUT2D eigenvalue weighted by molar-refractivity contribution is 5.56. The lowest BCUT2D eigenvalue weighted by Crippen LogP contribution is -2.40. The van der Waals surface area contributed by atoms with E-state index < -0.39 is 0 Å². The fraction of sp³-hybridized carbons (Fsp3) is 0.667. The molecule has 0 saturated carbocycles. The fourth-order valence-corrected chi connectivity index (χ4v) is 2.73. The van der Waals surface area contributed by atoms with Crippen LogP contribution in [0.1, 0.15) is 40.0 Å². The molecule has 21 heavy (non-hydrogen) atoms.